The molecule has 132 valence electrons. The summed E-state index contributed by atoms with van der Waals surface area (Å²) in [5, 5.41) is 3.92. The Hall–Kier alpha value is -2.89. The van der Waals surface area contributed by atoms with Gasteiger partial charge in [0, 0.05) is 11.3 Å². The highest BCUT2D eigenvalue weighted by Crippen LogP contribution is 2.16. The van der Waals surface area contributed by atoms with Gasteiger partial charge in [-0.2, -0.15) is 0 Å². The average molecular weight is 343 g/mol. The molecule has 3 amide bonds. The van der Waals surface area contributed by atoms with Crippen molar-refractivity contribution >= 4 is 17.6 Å². The fraction of sp³-hybridized carbons (Fsp3) is 0.263. The predicted molar refractivity (Wildman–Crippen MR) is 95.7 cm³/mol. The monoisotopic (exact) mass is 343 g/mol. The van der Waals surface area contributed by atoms with Gasteiger partial charge in [-0.05, 0) is 69.7 Å². The van der Waals surface area contributed by atoms with Crippen molar-refractivity contribution in [2.75, 3.05) is 5.32 Å². The first-order valence-electron chi connectivity index (χ1n) is 7.91. The van der Waals surface area contributed by atoms with Crippen LogP contribution in [0.25, 0.3) is 0 Å². The van der Waals surface area contributed by atoms with Gasteiger partial charge in [0.15, 0.2) is 0 Å². The minimum Gasteiger partial charge on any atom is -0.307 e. The van der Waals surface area contributed by atoms with Gasteiger partial charge in [0.2, 0.25) is 0 Å². The molecule has 0 radical (unpaired) electrons. The summed E-state index contributed by atoms with van der Waals surface area (Å²) in [7, 11) is 0. The standard InChI is InChI=1S/C19H22FN3O2/c1-13-6-5-7-16(12-13)21-18(25)22-23(19(2,3)4)17(24)14-8-10-15(20)11-9-14/h5-12H,1-4H3,(H2,21,22,25). The number of halogens is 1. The summed E-state index contributed by atoms with van der Waals surface area (Å²) >= 11 is 0. The SMILES string of the molecule is Cc1cccc(NC(=O)NN(C(=O)c2ccc(F)cc2)C(C)(C)C)c1. The molecule has 0 aliphatic rings. The van der Waals surface area contributed by atoms with Crippen molar-refractivity contribution in [1.29, 1.82) is 0 Å². The number of rotatable bonds is 2. The third-order valence-corrected chi connectivity index (χ3v) is 3.45. The van der Waals surface area contributed by atoms with Crippen LogP contribution in [0, 0.1) is 12.7 Å². The van der Waals surface area contributed by atoms with E-state index in [4.69, 9.17) is 0 Å². The zero-order valence-electron chi connectivity index (χ0n) is 14.8. The average Bonchev–Trinajstić information content (AvgIpc) is 2.51. The lowest BCUT2D eigenvalue weighted by Gasteiger charge is -2.35. The second-order valence-electron chi connectivity index (χ2n) is 6.75. The molecule has 25 heavy (non-hydrogen) atoms. The Morgan fingerprint density at radius 3 is 2.24 bits per heavy atom. The van der Waals surface area contributed by atoms with Gasteiger partial charge in [-0.15, -0.1) is 0 Å². The van der Waals surface area contributed by atoms with Gasteiger partial charge in [-0.3, -0.25) is 4.79 Å². The molecule has 5 nitrogen and oxygen atoms in total. The molecule has 0 aliphatic carbocycles. The van der Waals surface area contributed by atoms with Crippen LogP contribution in [0.3, 0.4) is 0 Å². The third kappa shape index (κ3) is 5.04. The molecule has 2 rings (SSSR count). The summed E-state index contributed by atoms with van der Waals surface area (Å²) in [6.45, 7) is 7.30. The first-order chi connectivity index (χ1) is 11.7. The van der Waals surface area contributed by atoms with E-state index in [1.807, 2.05) is 25.1 Å². The molecule has 0 spiro atoms. The number of nitrogens with zero attached hydrogens (tertiary/aromatic N) is 1. The smallest absolute Gasteiger partial charge is 0.307 e. The highest BCUT2D eigenvalue weighted by molar-refractivity contribution is 5.97. The number of urea groups is 1. The molecule has 0 saturated carbocycles. The van der Waals surface area contributed by atoms with E-state index in [2.05, 4.69) is 10.7 Å². The van der Waals surface area contributed by atoms with Crippen LogP contribution in [0.5, 0.6) is 0 Å². The fourth-order valence-corrected chi connectivity index (χ4v) is 2.23. The number of hydrogen-bond acceptors (Lipinski definition) is 2. The van der Waals surface area contributed by atoms with Crippen LogP contribution in [0.4, 0.5) is 14.9 Å². The van der Waals surface area contributed by atoms with Crippen molar-refractivity contribution < 1.29 is 14.0 Å². The van der Waals surface area contributed by atoms with Gasteiger partial charge in [-0.25, -0.2) is 19.6 Å². The Morgan fingerprint density at radius 1 is 1.04 bits per heavy atom. The van der Waals surface area contributed by atoms with E-state index in [0.29, 0.717) is 5.69 Å². The van der Waals surface area contributed by atoms with Gasteiger partial charge in [-0.1, -0.05) is 12.1 Å². The maximum atomic E-state index is 13.1. The Labute approximate surface area is 146 Å². The van der Waals surface area contributed by atoms with Crippen LogP contribution in [-0.2, 0) is 0 Å². The molecule has 0 saturated heterocycles. The van der Waals surface area contributed by atoms with Crippen molar-refractivity contribution in [2.24, 2.45) is 0 Å². The van der Waals surface area contributed by atoms with E-state index in [1.54, 1.807) is 26.8 Å². The van der Waals surface area contributed by atoms with E-state index >= 15 is 0 Å². The molecular formula is C19H22FN3O2. The van der Waals surface area contributed by atoms with Crippen LogP contribution in [0.15, 0.2) is 48.5 Å². The van der Waals surface area contributed by atoms with Crippen LogP contribution >= 0.6 is 0 Å². The summed E-state index contributed by atoms with van der Waals surface area (Å²) in [4.78, 5) is 25.0. The molecule has 6 heteroatoms. The van der Waals surface area contributed by atoms with Gasteiger partial charge in [0.1, 0.15) is 5.82 Å². The maximum absolute atomic E-state index is 13.1. The maximum Gasteiger partial charge on any atom is 0.338 e. The van der Waals surface area contributed by atoms with Crippen LogP contribution in [-0.4, -0.2) is 22.5 Å². The van der Waals surface area contributed by atoms with Gasteiger partial charge >= 0.3 is 6.03 Å². The second-order valence-corrected chi connectivity index (χ2v) is 6.75. The fourth-order valence-electron chi connectivity index (χ4n) is 2.23. The zero-order valence-corrected chi connectivity index (χ0v) is 14.8. The minimum atomic E-state index is -0.671. The molecule has 0 fully saturated rings. The number of nitrogens with one attached hydrogen (secondary N) is 2. The molecular weight excluding hydrogens is 321 g/mol. The van der Waals surface area contributed by atoms with Gasteiger partial charge in [0.25, 0.3) is 5.91 Å². The topological polar surface area (TPSA) is 61.4 Å². The summed E-state index contributed by atoms with van der Waals surface area (Å²) in [5.41, 5.74) is 3.82. The van der Waals surface area contributed by atoms with Gasteiger partial charge in [0.05, 0.1) is 5.54 Å². The van der Waals surface area contributed by atoms with Crippen molar-refractivity contribution in [3.8, 4) is 0 Å². The Balaban J connectivity index is 2.16. The van der Waals surface area contributed by atoms with Gasteiger partial charge < -0.3 is 5.32 Å². The number of carbonyl (C=O) groups is 2. The largest absolute Gasteiger partial charge is 0.338 e. The van der Waals surface area contributed by atoms with E-state index in [-0.39, 0.29) is 5.56 Å². The number of carbonyl (C=O) groups excluding carboxylic acids is 2. The molecule has 0 atom stereocenters. The molecule has 0 aromatic heterocycles. The number of benzene rings is 2. The molecule has 0 unspecified atom stereocenters. The van der Waals surface area contributed by atoms with E-state index in [1.165, 1.54) is 29.3 Å². The Kier molecular flexibility index (Phi) is 5.41. The second kappa shape index (κ2) is 7.34. The third-order valence-electron chi connectivity index (χ3n) is 3.45. The summed E-state index contributed by atoms with van der Waals surface area (Å²) < 4.78 is 13.1. The Morgan fingerprint density at radius 2 is 1.68 bits per heavy atom. The lowest BCUT2D eigenvalue weighted by atomic mass is 10.1. The Bertz CT molecular complexity index is 767. The molecule has 0 bridgehead atoms. The highest BCUT2D eigenvalue weighted by atomic mass is 19.1. The molecule has 2 aromatic rings. The summed E-state index contributed by atoms with van der Waals surface area (Å²) in [5.74, 6) is -0.851. The van der Waals surface area contributed by atoms with E-state index < -0.39 is 23.3 Å². The zero-order chi connectivity index (χ0) is 18.6. The first kappa shape index (κ1) is 18.4. The number of hydrazine groups is 1. The van der Waals surface area contributed by atoms with Crippen molar-refractivity contribution in [3.63, 3.8) is 0 Å². The molecule has 0 aliphatic heterocycles. The first-order valence-corrected chi connectivity index (χ1v) is 7.91. The molecule has 0 heterocycles. The van der Waals surface area contributed by atoms with Crippen LogP contribution in [0.2, 0.25) is 0 Å². The number of amides is 3. The predicted octanol–water partition coefficient (Wildman–Crippen LogP) is 4.11. The number of hydrogen-bond donors (Lipinski definition) is 2. The summed E-state index contributed by atoms with van der Waals surface area (Å²) in [6, 6.07) is 12.0. The summed E-state index contributed by atoms with van der Waals surface area (Å²) in [6.07, 6.45) is 0. The lowest BCUT2D eigenvalue weighted by Crippen LogP contribution is -2.56. The highest BCUT2D eigenvalue weighted by Gasteiger charge is 2.29. The van der Waals surface area contributed by atoms with Crippen LogP contribution < -0.4 is 10.7 Å². The van der Waals surface area contributed by atoms with Crippen molar-refractivity contribution in [2.45, 2.75) is 33.2 Å². The molecule has 2 aromatic carbocycles. The minimum absolute atomic E-state index is 0.284. The number of aryl methyl sites for hydroxylation is 1. The lowest BCUT2D eigenvalue weighted by molar-refractivity contribution is 0.0460. The van der Waals surface area contributed by atoms with Crippen molar-refractivity contribution in [3.05, 3.63) is 65.5 Å². The number of anilines is 1. The van der Waals surface area contributed by atoms with E-state index in [0.717, 1.165) is 5.56 Å². The quantitative estimate of drug-likeness (QED) is 0.806. The van der Waals surface area contributed by atoms with Crippen molar-refractivity contribution in [1.82, 2.24) is 10.4 Å². The van der Waals surface area contributed by atoms with E-state index in [9.17, 15) is 14.0 Å². The molecule has 2 N–H and O–H groups in total. The normalized spacial score (nSPS) is 10.9. The van der Waals surface area contributed by atoms with Crippen LogP contribution in [0.1, 0.15) is 36.7 Å².